The maximum absolute atomic E-state index is 12.2. The lowest BCUT2D eigenvalue weighted by atomic mass is 10.0. The number of benzene rings is 3. The zero-order valence-electron chi connectivity index (χ0n) is 33.1. The van der Waals surface area contributed by atoms with E-state index in [1.807, 2.05) is 61.3 Å². The van der Waals surface area contributed by atoms with Crippen molar-refractivity contribution >= 4 is 50.5 Å². The van der Waals surface area contributed by atoms with Gasteiger partial charge in [0.1, 0.15) is 5.75 Å². The summed E-state index contributed by atoms with van der Waals surface area (Å²) in [7, 11) is 3.27. The number of para-hydroxylation sites is 1. The highest BCUT2D eigenvalue weighted by Gasteiger charge is 2.26. The summed E-state index contributed by atoms with van der Waals surface area (Å²) >= 11 is 0. The number of aromatic amines is 1. The monoisotopic (exact) mass is 755 g/mol. The number of hydrogen-bond donors (Lipinski definition) is 4. The van der Waals surface area contributed by atoms with E-state index in [4.69, 9.17) is 0 Å². The predicted octanol–water partition coefficient (Wildman–Crippen LogP) is 7.60. The average molecular weight is 756 g/mol. The van der Waals surface area contributed by atoms with Crippen LogP contribution in [-0.2, 0) is 18.9 Å². The van der Waals surface area contributed by atoms with E-state index in [0.717, 1.165) is 64.1 Å². The van der Waals surface area contributed by atoms with E-state index in [0.29, 0.717) is 28.4 Å². The lowest BCUT2D eigenvalue weighted by Gasteiger charge is -2.17. The first-order valence-corrected chi connectivity index (χ1v) is 18.8. The molecule has 1 atom stereocenters. The van der Waals surface area contributed by atoms with Crippen LogP contribution in [0.4, 0.5) is 22.7 Å². The number of carbonyl (C=O) groups excluding carboxylic acids is 1. The molecule has 1 amide bonds. The molecule has 4 N–H and O–H groups in total. The Morgan fingerprint density at radius 2 is 1.45 bits per heavy atom. The van der Waals surface area contributed by atoms with Gasteiger partial charge in [0.2, 0.25) is 5.91 Å². The Kier molecular flexibility index (Phi) is 11.4. The van der Waals surface area contributed by atoms with Crippen LogP contribution in [0, 0.1) is 20.8 Å². The Morgan fingerprint density at radius 3 is 2.07 bits per heavy atom. The predicted molar refractivity (Wildman–Crippen MR) is 224 cm³/mol. The standard InChI is InChI=1S/C21H25N5O2.C20H18N4O2.C2H6/c1-13-17-8-10-26(16-7-9-25(12-16)15(3)27)20(17)6-5-18(13)23-19-11-22-24(4)21(28)14(19)2;1-12-18(11-22-24(2)20(12)26)23-17-9-13-7-8-21-16(13)10-15(17)14-5-3-4-6-19(14)25;1-2/h5-6,8,10-11,16,23H,7,9,12H2,1-4H3;3-11,21,23,25H,1-2H3;1-2H3. The van der Waals surface area contributed by atoms with Crippen molar-refractivity contribution in [1.29, 1.82) is 0 Å². The normalized spacial score (nSPS) is 13.6. The summed E-state index contributed by atoms with van der Waals surface area (Å²) in [5, 5.41) is 27.4. The Labute approximate surface area is 325 Å². The highest BCUT2D eigenvalue weighted by molar-refractivity contribution is 5.95. The number of H-pyrrole nitrogens is 1. The molecule has 13 heteroatoms. The molecule has 1 unspecified atom stereocenters. The zero-order valence-corrected chi connectivity index (χ0v) is 33.1. The quantitative estimate of drug-likeness (QED) is 0.135. The molecule has 1 saturated heterocycles. The number of rotatable bonds is 6. The lowest BCUT2D eigenvalue weighted by molar-refractivity contribution is -0.127. The Balaban J connectivity index is 0.000000182. The molecule has 290 valence electrons. The van der Waals surface area contributed by atoms with Crippen LogP contribution in [0.25, 0.3) is 32.9 Å². The van der Waals surface area contributed by atoms with Crippen molar-refractivity contribution in [3.63, 3.8) is 0 Å². The number of amides is 1. The summed E-state index contributed by atoms with van der Waals surface area (Å²) in [6, 6.07) is 19.7. The van der Waals surface area contributed by atoms with Crippen LogP contribution in [0.3, 0.4) is 0 Å². The van der Waals surface area contributed by atoms with Crippen LogP contribution < -0.4 is 21.8 Å². The molecule has 8 rings (SSSR count). The van der Waals surface area contributed by atoms with E-state index in [1.165, 1.54) is 14.7 Å². The van der Waals surface area contributed by atoms with Gasteiger partial charge in [0.25, 0.3) is 11.1 Å². The van der Waals surface area contributed by atoms with Crippen molar-refractivity contribution in [2.45, 2.75) is 54.0 Å². The van der Waals surface area contributed by atoms with Gasteiger partial charge in [-0.15, -0.1) is 0 Å². The number of carbonyl (C=O) groups is 1. The van der Waals surface area contributed by atoms with E-state index in [2.05, 4.69) is 55.6 Å². The zero-order chi connectivity index (χ0) is 40.3. The number of aromatic hydroxyl groups is 1. The Morgan fingerprint density at radius 1 is 0.804 bits per heavy atom. The number of aryl methyl sites for hydroxylation is 3. The van der Waals surface area contributed by atoms with Crippen molar-refractivity contribution in [2.24, 2.45) is 14.1 Å². The second-order valence-electron chi connectivity index (χ2n) is 13.8. The van der Waals surface area contributed by atoms with E-state index >= 15 is 0 Å². The largest absolute Gasteiger partial charge is 0.507 e. The van der Waals surface area contributed by atoms with Gasteiger partial charge in [0, 0.05) is 102 Å². The summed E-state index contributed by atoms with van der Waals surface area (Å²) in [5.41, 5.74) is 8.87. The summed E-state index contributed by atoms with van der Waals surface area (Å²) in [4.78, 5) is 41.1. The minimum absolute atomic E-state index is 0.105. The molecule has 13 nitrogen and oxygen atoms in total. The third kappa shape index (κ3) is 7.65. The molecule has 0 saturated carbocycles. The number of hydrogen-bond acceptors (Lipinski definition) is 8. The van der Waals surface area contributed by atoms with Crippen LogP contribution in [-0.4, -0.2) is 58.1 Å². The van der Waals surface area contributed by atoms with E-state index in [1.54, 1.807) is 59.4 Å². The van der Waals surface area contributed by atoms with Gasteiger partial charge in [0.15, 0.2) is 0 Å². The summed E-state index contributed by atoms with van der Waals surface area (Å²) in [6.45, 7) is 12.9. The number of nitrogens with zero attached hydrogens (tertiary/aromatic N) is 6. The van der Waals surface area contributed by atoms with Crippen LogP contribution in [0.1, 0.15) is 49.9 Å². The first-order chi connectivity index (χ1) is 26.9. The van der Waals surface area contributed by atoms with Gasteiger partial charge in [-0.3, -0.25) is 14.4 Å². The fourth-order valence-corrected chi connectivity index (χ4v) is 7.07. The molecule has 5 heterocycles. The third-order valence-electron chi connectivity index (χ3n) is 10.4. The van der Waals surface area contributed by atoms with Gasteiger partial charge < -0.3 is 30.2 Å². The fraction of sp³-hybridized carbons (Fsp3) is 0.279. The van der Waals surface area contributed by atoms with Gasteiger partial charge in [-0.1, -0.05) is 32.0 Å². The van der Waals surface area contributed by atoms with Gasteiger partial charge in [-0.2, -0.15) is 10.2 Å². The van der Waals surface area contributed by atoms with E-state index < -0.39 is 0 Å². The third-order valence-corrected chi connectivity index (χ3v) is 10.4. The minimum Gasteiger partial charge on any atom is -0.507 e. The molecule has 0 radical (unpaired) electrons. The maximum atomic E-state index is 12.2. The second-order valence-corrected chi connectivity index (χ2v) is 13.8. The van der Waals surface area contributed by atoms with Crippen molar-refractivity contribution < 1.29 is 9.90 Å². The molecule has 1 aliphatic rings. The van der Waals surface area contributed by atoms with Gasteiger partial charge in [-0.25, -0.2) is 9.36 Å². The molecule has 3 aromatic carbocycles. The van der Waals surface area contributed by atoms with Crippen LogP contribution >= 0.6 is 0 Å². The summed E-state index contributed by atoms with van der Waals surface area (Å²) in [6.07, 6.45) is 8.27. The Hall–Kier alpha value is -6.63. The Bertz CT molecular complexity index is 2670. The summed E-state index contributed by atoms with van der Waals surface area (Å²) in [5.74, 6) is 0.333. The first-order valence-electron chi connectivity index (χ1n) is 18.8. The molecule has 1 fully saturated rings. The van der Waals surface area contributed by atoms with Crippen molar-refractivity contribution in [2.75, 3.05) is 23.7 Å². The number of fused-ring (bicyclic) bond motifs is 2. The number of aromatic nitrogens is 6. The molecule has 0 spiro atoms. The smallest absolute Gasteiger partial charge is 0.271 e. The molecule has 0 bridgehead atoms. The fourth-order valence-electron chi connectivity index (χ4n) is 7.07. The second kappa shape index (κ2) is 16.4. The molecule has 56 heavy (non-hydrogen) atoms. The van der Waals surface area contributed by atoms with E-state index in [9.17, 15) is 19.5 Å². The lowest BCUT2D eigenvalue weighted by Crippen LogP contribution is -2.26. The van der Waals surface area contributed by atoms with Gasteiger partial charge in [0.05, 0.1) is 29.8 Å². The van der Waals surface area contributed by atoms with Crippen LogP contribution in [0.5, 0.6) is 5.75 Å². The molecular weight excluding hydrogens is 707 g/mol. The van der Waals surface area contributed by atoms with Crippen molar-refractivity contribution in [1.82, 2.24) is 34.0 Å². The maximum Gasteiger partial charge on any atom is 0.271 e. The highest BCUT2D eigenvalue weighted by Crippen LogP contribution is 2.38. The summed E-state index contributed by atoms with van der Waals surface area (Å²) < 4.78 is 4.92. The topological polar surface area (TPSA) is 155 Å². The SMILES string of the molecule is CC.CC(=O)N1CCC(n2ccc3c(C)c(Nc4cnn(C)c(=O)c4C)ccc32)C1.Cc1c(Nc2cc3cc[nH]c3cc2-c2ccccc2O)cnn(C)c1=O. The average Bonchev–Trinajstić information content (AvgIpc) is 3.98. The number of likely N-dealkylation sites (tertiary alicyclic amines) is 1. The van der Waals surface area contributed by atoms with Crippen molar-refractivity contribution in [3.05, 3.63) is 123 Å². The van der Waals surface area contributed by atoms with Gasteiger partial charge >= 0.3 is 0 Å². The molecular formula is C43H49N9O4. The van der Waals surface area contributed by atoms with Crippen LogP contribution in [0.15, 0.2) is 95.0 Å². The van der Waals surface area contributed by atoms with Crippen LogP contribution in [0.2, 0.25) is 0 Å². The first kappa shape index (κ1) is 39.1. The molecule has 1 aliphatic heterocycles. The number of phenols is 1. The molecule has 0 aliphatic carbocycles. The minimum atomic E-state index is -0.151. The number of anilines is 4. The number of nitrogens with one attached hydrogen (secondary N) is 3. The highest BCUT2D eigenvalue weighted by atomic mass is 16.3. The molecule has 4 aromatic heterocycles. The van der Waals surface area contributed by atoms with Crippen molar-refractivity contribution in [3.8, 4) is 16.9 Å². The van der Waals surface area contributed by atoms with Gasteiger partial charge in [-0.05, 0) is 75.2 Å². The number of phenolic OH excluding ortho intramolecular Hbond substituents is 1. The van der Waals surface area contributed by atoms with E-state index in [-0.39, 0.29) is 22.8 Å². The molecule has 7 aromatic rings.